The van der Waals surface area contributed by atoms with Crippen LogP contribution in [-0.2, 0) is 9.53 Å². The fraction of sp³-hybridized carbons (Fsp3) is 0.312. The van der Waals surface area contributed by atoms with Gasteiger partial charge in [-0.3, -0.25) is 4.79 Å². The van der Waals surface area contributed by atoms with Gasteiger partial charge in [0.2, 0.25) is 5.88 Å². The zero-order chi connectivity index (χ0) is 16.1. The molecule has 3 N–H and O–H groups in total. The Kier molecular flexibility index (Phi) is 8.57. The number of nitrogens with two attached hydrogens (primary N) is 1. The van der Waals surface area contributed by atoms with E-state index < -0.39 is 6.10 Å². The van der Waals surface area contributed by atoms with E-state index in [1.54, 1.807) is 42.6 Å². The lowest BCUT2D eigenvalue weighted by Crippen LogP contribution is -2.29. The second-order valence-electron chi connectivity index (χ2n) is 5.24. The molecule has 25 heavy (non-hydrogen) atoms. The number of rotatable bonds is 5. The van der Waals surface area contributed by atoms with Crippen molar-refractivity contribution in [2.75, 3.05) is 11.9 Å². The van der Waals surface area contributed by atoms with Gasteiger partial charge in [0.15, 0.2) is 0 Å². The van der Waals surface area contributed by atoms with Crippen molar-refractivity contribution in [3.05, 3.63) is 42.6 Å². The third-order valence-corrected chi connectivity index (χ3v) is 3.53. The molecular weight excluding hydrogens is 367 g/mol. The first-order valence-corrected chi connectivity index (χ1v) is 7.46. The molecule has 1 amide bonds. The van der Waals surface area contributed by atoms with Crippen molar-refractivity contribution >= 4 is 36.4 Å². The molecule has 1 aromatic heterocycles. The van der Waals surface area contributed by atoms with Crippen molar-refractivity contribution in [1.29, 1.82) is 0 Å². The fourth-order valence-electron chi connectivity index (χ4n) is 2.39. The zero-order valence-corrected chi connectivity index (χ0v) is 15.0. The van der Waals surface area contributed by atoms with Gasteiger partial charge in [-0.2, -0.15) is 5.10 Å². The molecule has 1 aliphatic rings. The molecule has 136 valence electrons. The molecule has 1 aromatic carbocycles. The van der Waals surface area contributed by atoms with Gasteiger partial charge in [-0.05, 0) is 31.0 Å². The van der Waals surface area contributed by atoms with Crippen molar-refractivity contribution in [3.63, 3.8) is 0 Å². The van der Waals surface area contributed by atoms with Crippen LogP contribution in [0, 0.1) is 0 Å². The number of hydrogen-bond donors (Lipinski definition) is 2. The summed E-state index contributed by atoms with van der Waals surface area (Å²) in [6, 6.07) is 10.5. The molecule has 3 rings (SSSR count). The zero-order valence-electron chi connectivity index (χ0n) is 13.3. The number of hydrogen-bond acceptors (Lipinski definition) is 6. The molecule has 2 aromatic rings. The van der Waals surface area contributed by atoms with E-state index in [4.69, 9.17) is 15.2 Å². The van der Waals surface area contributed by atoms with Crippen LogP contribution in [0.1, 0.15) is 12.8 Å². The Hall–Kier alpha value is -1.93. The maximum absolute atomic E-state index is 12.2. The molecule has 0 bridgehead atoms. The molecule has 9 heteroatoms. The third-order valence-electron chi connectivity index (χ3n) is 3.53. The minimum absolute atomic E-state index is 0. The number of nitrogens with one attached hydrogen (secondary N) is 1. The molecule has 0 aliphatic carbocycles. The van der Waals surface area contributed by atoms with Crippen LogP contribution in [0.25, 0.3) is 0 Å². The maximum Gasteiger partial charge on any atom is 0.253 e. The summed E-state index contributed by atoms with van der Waals surface area (Å²) >= 11 is 0. The highest BCUT2D eigenvalue weighted by atomic mass is 35.5. The van der Waals surface area contributed by atoms with Crippen LogP contribution in [-0.4, -0.2) is 34.9 Å². The van der Waals surface area contributed by atoms with E-state index in [2.05, 4.69) is 15.5 Å². The number of carbonyl (C=O) groups excluding carboxylic acids is 1. The Morgan fingerprint density at radius 1 is 1.28 bits per heavy atom. The number of carbonyl (C=O) groups is 1. The van der Waals surface area contributed by atoms with E-state index in [1.807, 2.05) is 0 Å². The minimum Gasteiger partial charge on any atom is -0.437 e. The molecule has 1 aliphatic heterocycles. The van der Waals surface area contributed by atoms with Gasteiger partial charge in [0.05, 0.1) is 6.10 Å². The highest BCUT2D eigenvalue weighted by Gasteiger charge is 2.29. The Morgan fingerprint density at radius 2 is 2.12 bits per heavy atom. The van der Waals surface area contributed by atoms with Crippen molar-refractivity contribution < 1.29 is 14.3 Å². The normalized spacial score (nSPS) is 18.6. The summed E-state index contributed by atoms with van der Waals surface area (Å²) in [5.74, 6) is 0.786. The van der Waals surface area contributed by atoms with Crippen LogP contribution in [0.4, 0.5) is 5.69 Å². The van der Waals surface area contributed by atoms with Crippen LogP contribution in [0.3, 0.4) is 0 Å². The number of halogens is 2. The van der Waals surface area contributed by atoms with Crippen LogP contribution in [0.15, 0.2) is 42.6 Å². The van der Waals surface area contributed by atoms with E-state index >= 15 is 0 Å². The van der Waals surface area contributed by atoms with Crippen LogP contribution in [0.5, 0.6) is 11.6 Å². The van der Waals surface area contributed by atoms with E-state index in [-0.39, 0.29) is 36.8 Å². The summed E-state index contributed by atoms with van der Waals surface area (Å²) < 4.78 is 11.2. The number of nitrogens with zero attached hydrogens (tertiary/aromatic N) is 2. The second-order valence-corrected chi connectivity index (χ2v) is 5.24. The first kappa shape index (κ1) is 21.1. The topological polar surface area (TPSA) is 99.4 Å². The van der Waals surface area contributed by atoms with Gasteiger partial charge in [-0.25, -0.2) is 0 Å². The lowest BCUT2D eigenvalue weighted by molar-refractivity contribution is -0.126. The number of ether oxygens (including phenoxy) is 2. The van der Waals surface area contributed by atoms with E-state index in [0.717, 1.165) is 6.42 Å². The largest absolute Gasteiger partial charge is 0.437 e. The van der Waals surface area contributed by atoms with E-state index in [0.29, 0.717) is 30.3 Å². The van der Waals surface area contributed by atoms with Crippen molar-refractivity contribution in [1.82, 2.24) is 10.2 Å². The van der Waals surface area contributed by atoms with Gasteiger partial charge in [0.1, 0.15) is 11.9 Å². The molecule has 1 saturated heterocycles. The number of aromatic nitrogens is 2. The third kappa shape index (κ3) is 5.82. The van der Waals surface area contributed by atoms with E-state index in [1.165, 1.54) is 0 Å². The first-order chi connectivity index (χ1) is 11.2. The van der Waals surface area contributed by atoms with Crippen LogP contribution < -0.4 is 15.8 Å². The smallest absolute Gasteiger partial charge is 0.253 e. The average molecular weight is 387 g/mol. The standard InChI is InChI=1S/C16H18N4O3.2ClH/c17-10-13-6-7-14(22-13)16(21)19-11-3-1-4-12(9-11)23-15-5-2-8-18-20-15;;/h1-5,8-9,13-14H,6-7,10,17H2,(H,19,21);2*1H/t13-,14+;;/m1../s1. The summed E-state index contributed by atoms with van der Waals surface area (Å²) in [7, 11) is 0. The number of benzene rings is 1. The predicted octanol–water partition coefficient (Wildman–Crippen LogP) is 2.56. The van der Waals surface area contributed by atoms with E-state index in [9.17, 15) is 4.79 Å². The summed E-state index contributed by atoms with van der Waals surface area (Å²) in [6.07, 6.45) is 2.58. The Bertz CT molecular complexity index is 675. The molecule has 7 nitrogen and oxygen atoms in total. The van der Waals surface area contributed by atoms with Gasteiger partial charge >= 0.3 is 0 Å². The summed E-state index contributed by atoms with van der Waals surface area (Å²) in [5, 5.41) is 10.4. The second kappa shape index (κ2) is 10.1. The predicted molar refractivity (Wildman–Crippen MR) is 98.6 cm³/mol. The fourth-order valence-corrected chi connectivity index (χ4v) is 2.39. The molecule has 0 saturated carbocycles. The Morgan fingerprint density at radius 3 is 2.80 bits per heavy atom. The first-order valence-electron chi connectivity index (χ1n) is 7.46. The highest BCUT2D eigenvalue weighted by Crippen LogP contribution is 2.24. The Labute approximate surface area is 158 Å². The summed E-state index contributed by atoms with van der Waals surface area (Å²) in [6.45, 7) is 0.436. The van der Waals surface area contributed by atoms with Crippen molar-refractivity contribution in [2.45, 2.75) is 25.0 Å². The molecule has 2 atom stereocenters. The molecular formula is C16H20Cl2N4O3. The summed E-state index contributed by atoms with van der Waals surface area (Å²) in [5.41, 5.74) is 6.19. The van der Waals surface area contributed by atoms with Crippen LogP contribution >= 0.6 is 24.8 Å². The minimum atomic E-state index is -0.451. The molecule has 1 fully saturated rings. The van der Waals surface area contributed by atoms with Gasteiger partial charge in [0, 0.05) is 30.6 Å². The monoisotopic (exact) mass is 386 g/mol. The van der Waals surface area contributed by atoms with Gasteiger partial charge in [-0.15, -0.1) is 29.9 Å². The van der Waals surface area contributed by atoms with Crippen molar-refractivity contribution in [3.8, 4) is 11.6 Å². The molecule has 0 unspecified atom stereocenters. The Balaban J connectivity index is 0.00000156. The lowest BCUT2D eigenvalue weighted by atomic mass is 10.2. The summed E-state index contributed by atoms with van der Waals surface area (Å²) in [4.78, 5) is 12.2. The SMILES string of the molecule is Cl.Cl.NC[C@H]1CC[C@@H](C(=O)Nc2cccc(Oc3cccnn3)c2)O1. The van der Waals surface area contributed by atoms with Gasteiger partial charge < -0.3 is 20.5 Å². The van der Waals surface area contributed by atoms with Crippen molar-refractivity contribution in [2.24, 2.45) is 5.73 Å². The quantitative estimate of drug-likeness (QED) is 0.818. The number of amides is 1. The van der Waals surface area contributed by atoms with Crippen LogP contribution in [0.2, 0.25) is 0 Å². The molecule has 0 radical (unpaired) electrons. The number of anilines is 1. The maximum atomic E-state index is 12.2. The van der Waals surface area contributed by atoms with Gasteiger partial charge in [0.25, 0.3) is 5.91 Å². The molecule has 2 heterocycles. The lowest BCUT2D eigenvalue weighted by Gasteiger charge is -2.13. The highest BCUT2D eigenvalue weighted by molar-refractivity contribution is 5.94. The average Bonchev–Trinajstić information content (AvgIpc) is 3.05. The molecule has 0 spiro atoms. The van der Waals surface area contributed by atoms with Gasteiger partial charge in [-0.1, -0.05) is 6.07 Å².